The van der Waals surface area contributed by atoms with Crippen LogP contribution in [0.5, 0.6) is 0 Å². The van der Waals surface area contributed by atoms with Gasteiger partial charge in [0.15, 0.2) is 0 Å². The molecule has 1 spiro atoms. The van der Waals surface area contributed by atoms with E-state index in [2.05, 4.69) is 156 Å². The van der Waals surface area contributed by atoms with Crippen LogP contribution in [0.25, 0.3) is 67.3 Å². The number of benzene rings is 5. The molecular weight excluding hydrogens is 669 g/mol. The van der Waals surface area contributed by atoms with Crippen LogP contribution in [0.3, 0.4) is 0 Å². The van der Waals surface area contributed by atoms with Crippen molar-refractivity contribution in [2.45, 2.75) is 30.7 Å². The smallest absolute Gasteiger partial charge is 0.0896 e. The predicted molar refractivity (Wildman–Crippen MR) is 222 cm³/mol. The Bertz CT molecular complexity index is 2700. The van der Waals surface area contributed by atoms with E-state index in [1.54, 1.807) is 0 Å². The molecule has 8 aromatic rings. The number of nitrogens with zero attached hydrogens (tertiary/aromatic N) is 3. The first-order chi connectivity index (χ1) is 27.3. The van der Waals surface area contributed by atoms with Crippen LogP contribution in [0.2, 0.25) is 0 Å². The Labute approximate surface area is 321 Å². The highest BCUT2D eigenvalue weighted by Gasteiger charge is 2.51. The summed E-state index contributed by atoms with van der Waals surface area (Å²) in [5, 5.41) is 3.69. The van der Waals surface area contributed by atoms with Gasteiger partial charge in [0.1, 0.15) is 0 Å². The lowest BCUT2D eigenvalue weighted by Gasteiger charge is -2.30. The average molecular weight is 707 g/mol. The van der Waals surface area contributed by atoms with Crippen molar-refractivity contribution in [2.75, 3.05) is 6.54 Å². The average Bonchev–Trinajstić information content (AvgIpc) is 3.74. The summed E-state index contributed by atoms with van der Waals surface area (Å²) in [6, 6.07) is 59.8. The largest absolute Gasteiger partial charge is 0.309 e. The molecule has 4 nitrogen and oxygen atoms in total. The first kappa shape index (κ1) is 32.0. The van der Waals surface area contributed by atoms with Gasteiger partial charge in [0.05, 0.1) is 33.9 Å². The van der Waals surface area contributed by atoms with Crippen LogP contribution in [0.4, 0.5) is 0 Å². The quantitative estimate of drug-likeness (QED) is 0.194. The molecule has 1 aliphatic heterocycles. The summed E-state index contributed by atoms with van der Waals surface area (Å²) in [5.74, 6) is 0. The molecule has 1 saturated heterocycles. The van der Waals surface area contributed by atoms with Crippen LogP contribution in [0.1, 0.15) is 53.3 Å². The van der Waals surface area contributed by atoms with Crippen molar-refractivity contribution >= 4 is 0 Å². The number of nitrogens with one attached hydrogen (secondary N) is 1. The monoisotopic (exact) mass is 706 g/mol. The molecule has 0 amide bonds. The van der Waals surface area contributed by atoms with Gasteiger partial charge >= 0.3 is 0 Å². The minimum absolute atomic E-state index is 0.224. The summed E-state index contributed by atoms with van der Waals surface area (Å²) < 4.78 is 0. The fraction of sp³-hybridized carbons (Fsp3) is 0.118. The van der Waals surface area contributed by atoms with Gasteiger partial charge in [0.2, 0.25) is 0 Å². The predicted octanol–water partition coefficient (Wildman–Crippen LogP) is 11.7. The lowest BCUT2D eigenvalue weighted by atomic mass is 9.70. The molecular formula is C51H38N4. The molecule has 55 heavy (non-hydrogen) atoms. The Morgan fingerprint density at radius 1 is 0.436 bits per heavy atom. The topological polar surface area (TPSA) is 50.7 Å². The van der Waals surface area contributed by atoms with Crippen LogP contribution in [-0.2, 0) is 5.41 Å². The van der Waals surface area contributed by atoms with Crippen LogP contribution in [0, 0.1) is 0 Å². The second kappa shape index (κ2) is 12.8. The van der Waals surface area contributed by atoms with Gasteiger partial charge in [-0.2, -0.15) is 0 Å². The number of piperidine rings is 1. The van der Waals surface area contributed by atoms with Crippen molar-refractivity contribution in [3.05, 3.63) is 198 Å². The Morgan fingerprint density at radius 2 is 1.05 bits per heavy atom. The summed E-state index contributed by atoms with van der Waals surface area (Å²) >= 11 is 0. The molecule has 0 radical (unpaired) electrons. The number of pyridine rings is 3. The molecule has 1 N–H and O–H groups in total. The van der Waals surface area contributed by atoms with E-state index in [1.807, 2.05) is 24.4 Å². The zero-order chi connectivity index (χ0) is 36.3. The first-order valence-corrected chi connectivity index (χ1v) is 19.4. The summed E-state index contributed by atoms with van der Waals surface area (Å²) in [5.41, 5.74) is 19.5. The second-order valence-electron chi connectivity index (χ2n) is 15.0. The lowest BCUT2D eigenvalue weighted by Crippen LogP contribution is -2.27. The highest BCUT2D eigenvalue weighted by Crippen LogP contribution is 2.63. The fourth-order valence-electron chi connectivity index (χ4n) is 9.52. The molecule has 2 aliphatic carbocycles. The molecule has 0 saturated carbocycles. The van der Waals surface area contributed by atoms with Crippen LogP contribution in [-0.4, -0.2) is 21.5 Å². The van der Waals surface area contributed by atoms with E-state index in [4.69, 9.17) is 9.97 Å². The van der Waals surface area contributed by atoms with Gasteiger partial charge in [-0.1, -0.05) is 122 Å². The minimum Gasteiger partial charge on any atom is -0.309 e. The molecule has 3 aromatic heterocycles. The van der Waals surface area contributed by atoms with Gasteiger partial charge in [-0.25, -0.2) is 9.97 Å². The molecule has 0 bridgehead atoms. The minimum atomic E-state index is -0.368. The number of hydrogen-bond acceptors (Lipinski definition) is 4. The van der Waals surface area contributed by atoms with E-state index in [0.717, 1.165) is 52.6 Å². The standard InChI is InChI=1S/C51H38N4/c1-4-18-41-37(15-1)38-16-2-5-19-42(38)51(41)43-20-6-3-17-39(43)40-26-25-34(30-44(40)51)33-13-11-14-35(29-33)45-23-12-24-46(54-45)36-31-49(47-21-7-9-27-52-47)55-50(32-36)48-22-8-10-28-53-48/h1-7,9,11-21,23-27,29-32,48,53H,8,10,22,28H2. The van der Waals surface area contributed by atoms with E-state index in [-0.39, 0.29) is 11.5 Å². The van der Waals surface area contributed by atoms with Crippen molar-refractivity contribution in [1.82, 2.24) is 20.3 Å². The second-order valence-corrected chi connectivity index (χ2v) is 15.0. The normalized spacial score (nSPS) is 16.0. The molecule has 1 fully saturated rings. The van der Waals surface area contributed by atoms with Crippen LogP contribution < -0.4 is 5.32 Å². The molecule has 4 heterocycles. The maximum Gasteiger partial charge on any atom is 0.0896 e. The van der Waals surface area contributed by atoms with Crippen molar-refractivity contribution in [3.63, 3.8) is 0 Å². The van der Waals surface area contributed by atoms with Crippen LogP contribution in [0.15, 0.2) is 170 Å². The number of rotatable bonds is 5. The third-order valence-electron chi connectivity index (χ3n) is 12.0. The van der Waals surface area contributed by atoms with E-state index in [0.29, 0.717) is 0 Å². The van der Waals surface area contributed by atoms with E-state index in [1.165, 1.54) is 68.5 Å². The summed E-state index contributed by atoms with van der Waals surface area (Å²) in [7, 11) is 0. The highest BCUT2D eigenvalue weighted by molar-refractivity contribution is 5.96. The summed E-state index contributed by atoms with van der Waals surface area (Å²) in [6.45, 7) is 1.01. The van der Waals surface area contributed by atoms with Gasteiger partial charge in [-0.05, 0) is 124 Å². The maximum absolute atomic E-state index is 5.29. The van der Waals surface area contributed by atoms with Crippen molar-refractivity contribution in [3.8, 4) is 67.3 Å². The molecule has 262 valence electrons. The third kappa shape index (κ3) is 5.06. The molecule has 3 aliphatic rings. The van der Waals surface area contributed by atoms with Gasteiger partial charge in [0.25, 0.3) is 0 Å². The maximum atomic E-state index is 5.29. The van der Waals surface area contributed by atoms with Gasteiger partial charge in [0, 0.05) is 23.4 Å². The molecule has 1 atom stereocenters. The number of aromatic nitrogens is 3. The van der Waals surface area contributed by atoms with Crippen molar-refractivity contribution < 1.29 is 0 Å². The molecule has 4 heteroatoms. The van der Waals surface area contributed by atoms with E-state index >= 15 is 0 Å². The summed E-state index contributed by atoms with van der Waals surface area (Å²) in [6.07, 6.45) is 5.31. The zero-order valence-corrected chi connectivity index (χ0v) is 30.4. The van der Waals surface area contributed by atoms with Crippen molar-refractivity contribution in [2.24, 2.45) is 0 Å². The molecule has 5 aromatic carbocycles. The lowest BCUT2D eigenvalue weighted by molar-refractivity contribution is 0.405. The van der Waals surface area contributed by atoms with Crippen molar-refractivity contribution in [1.29, 1.82) is 0 Å². The Kier molecular flexibility index (Phi) is 7.46. The SMILES string of the molecule is c1ccc(-c2cc(-c3cccc(-c4cccc(-c5ccc6c(c5)C5(c7ccccc7-c7ccccc75)c5ccccc5-6)c4)n3)cc(C3CCCCN3)n2)nc1. The highest BCUT2D eigenvalue weighted by atomic mass is 15.0. The Morgan fingerprint density at radius 3 is 1.75 bits per heavy atom. The fourth-order valence-corrected chi connectivity index (χ4v) is 9.52. The Hall–Kier alpha value is -6.49. The van der Waals surface area contributed by atoms with Gasteiger partial charge in [-0.3, -0.25) is 4.98 Å². The van der Waals surface area contributed by atoms with E-state index < -0.39 is 0 Å². The Balaban J connectivity index is 1.01. The summed E-state index contributed by atoms with van der Waals surface area (Å²) in [4.78, 5) is 15.1. The number of fused-ring (bicyclic) bond motifs is 10. The molecule has 11 rings (SSSR count). The van der Waals surface area contributed by atoms with E-state index in [9.17, 15) is 0 Å². The van der Waals surface area contributed by atoms with Crippen LogP contribution >= 0.6 is 0 Å². The molecule has 1 unspecified atom stereocenters. The first-order valence-electron chi connectivity index (χ1n) is 19.4. The van der Waals surface area contributed by atoms with Gasteiger partial charge < -0.3 is 5.32 Å². The third-order valence-corrected chi connectivity index (χ3v) is 12.0. The van der Waals surface area contributed by atoms with Gasteiger partial charge in [-0.15, -0.1) is 0 Å². The zero-order valence-electron chi connectivity index (χ0n) is 30.4. The number of hydrogen-bond donors (Lipinski definition) is 1.